The van der Waals surface area contributed by atoms with Crippen LogP contribution in [0.1, 0.15) is 25.5 Å². The van der Waals surface area contributed by atoms with E-state index in [9.17, 15) is 9.18 Å². The molecule has 0 radical (unpaired) electrons. The smallest absolute Gasteiger partial charge is 0.253 e. The fourth-order valence-corrected chi connectivity index (χ4v) is 2.22. The van der Waals surface area contributed by atoms with Crippen LogP contribution in [-0.4, -0.2) is 18.4 Å². The molecule has 0 spiro atoms. The molecular weight excluding hydrogens is 313 g/mol. The van der Waals surface area contributed by atoms with Gasteiger partial charge in [0.1, 0.15) is 11.9 Å². The molecule has 0 bridgehead atoms. The number of benzene rings is 1. The third-order valence-corrected chi connectivity index (χ3v) is 3.39. The first-order valence-electron chi connectivity index (χ1n) is 6.04. The first-order chi connectivity index (χ1) is 8.97. The predicted octanol–water partition coefficient (Wildman–Crippen LogP) is 2.36. The third kappa shape index (κ3) is 3.32. The van der Waals surface area contributed by atoms with Gasteiger partial charge >= 0.3 is 0 Å². The number of amides is 1. The van der Waals surface area contributed by atoms with Gasteiger partial charge in [-0.05, 0) is 24.1 Å². The second-order valence-electron chi connectivity index (χ2n) is 4.82. The fraction of sp³-hybridized carbons (Fsp3) is 0.385. The van der Waals surface area contributed by atoms with Crippen LogP contribution in [0.4, 0.5) is 4.39 Å². The summed E-state index contributed by atoms with van der Waals surface area (Å²) in [7, 11) is 0. The third-order valence-electron chi connectivity index (χ3n) is 2.67. The molecule has 0 aromatic heterocycles. The van der Waals surface area contributed by atoms with Crippen LogP contribution in [0.25, 0.3) is 0 Å². The molecule has 4 nitrogen and oxygen atoms in total. The summed E-state index contributed by atoms with van der Waals surface area (Å²) in [6.07, 6.45) is 0. The maximum absolute atomic E-state index is 13.3. The van der Waals surface area contributed by atoms with Crippen molar-refractivity contribution in [2.45, 2.75) is 19.9 Å². The van der Waals surface area contributed by atoms with Gasteiger partial charge in [0.15, 0.2) is 5.96 Å². The summed E-state index contributed by atoms with van der Waals surface area (Å²) in [6, 6.07) is 3.65. The lowest BCUT2D eigenvalue weighted by atomic mass is 10.1. The van der Waals surface area contributed by atoms with Crippen molar-refractivity contribution in [1.29, 1.82) is 0 Å². The number of carbonyl (C=O) groups excluding carboxylic acids is 1. The van der Waals surface area contributed by atoms with E-state index in [1.807, 2.05) is 13.8 Å². The molecule has 1 aromatic rings. The number of guanidine groups is 1. The molecule has 1 aliphatic rings. The van der Waals surface area contributed by atoms with E-state index in [1.54, 1.807) is 6.07 Å². The molecule has 1 unspecified atom stereocenters. The van der Waals surface area contributed by atoms with E-state index in [1.165, 1.54) is 12.1 Å². The van der Waals surface area contributed by atoms with E-state index < -0.39 is 6.04 Å². The number of aliphatic imine (C=N–C) groups is 1. The highest BCUT2D eigenvalue weighted by Gasteiger charge is 2.31. The monoisotopic (exact) mass is 327 g/mol. The van der Waals surface area contributed by atoms with Gasteiger partial charge in [0.2, 0.25) is 0 Å². The molecule has 1 aliphatic heterocycles. The standard InChI is InChI=1S/C13H15BrFN3O/c1-7(2)6-16-13-17-11(12(19)18-13)9-5-8(15)3-4-10(9)14/h3-5,7,11H,6H2,1-2H3,(H2,16,17,18,19). The molecule has 0 saturated carbocycles. The predicted molar refractivity (Wildman–Crippen MR) is 75.3 cm³/mol. The molecule has 19 heavy (non-hydrogen) atoms. The highest BCUT2D eigenvalue weighted by molar-refractivity contribution is 9.10. The van der Waals surface area contributed by atoms with E-state index in [-0.39, 0.29) is 11.7 Å². The van der Waals surface area contributed by atoms with Gasteiger partial charge in [-0.1, -0.05) is 29.8 Å². The van der Waals surface area contributed by atoms with Crippen LogP contribution in [0.3, 0.4) is 0 Å². The highest BCUT2D eigenvalue weighted by Crippen LogP contribution is 2.26. The zero-order chi connectivity index (χ0) is 14.0. The molecular formula is C13H15BrFN3O. The molecule has 2 rings (SSSR count). The minimum atomic E-state index is -0.615. The average Bonchev–Trinajstić information content (AvgIpc) is 2.71. The molecule has 102 valence electrons. The quantitative estimate of drug-likeness (QED) is 0.895. The summed E-state index contributed by atoms with van der Waals surface area (Å²) in [5.41, 5.74) is 0.562. The van der Waals surface area contributed by atoms with Gasteiger partial charge in [-0.3, -0.25) is 15.1 Å². The lowest BCUT2D eigenvalue weighted by Crippen LogP contribution is -2.26. The minimum absolute atomic E-state index is 0.228. The Morgan fingerprint density at radius 1 is 1.47 bits per heavy atom. The van der Waals surface area contributed by atoms with Crippen LogP contribution < -0.4 is 10.6 Å². The molecule has 1 heterocycles. The van der Waals surface area contributed by atoms with E-state index in [2.05, 4.69) is 31.6 Å². The summed E-state index contributed by atoms with van der Waals surface area (Å²) in [5, 5.41) is 5.63. The Labute approximate surface area is 119 Å². The maximum Gasteiger partial charge on any atom is 0.253 e. The van der Waals surface area contributed by atoms with Crippen molar-refractivity contribution in [2.24, 2.45) is 10.9 Å². The first kappa shape index (κ1) is 14.0. The minimum Gasteiger partial charge on any atom is -0.340 e. The van der Waals surface area contributed by atoms with Gasteiger partial charge in [0.25, 0.3) is 5.91 Å². The van der Waals surface area contributed by atoms with Gasteiger partial charge in [-0.15, -0.1) is 0 Å². The zero-order valence-corrected chi connectivity index (χ0v) is 12.3. The van der Waals surface area contributed by atoms with E-state index in [4.69, 9.17) is 0 Å². The number of halogens is 2. The molecule has 1 aromatic carbocycles. The van der Waals surface area contributed by atoms with Crippen LogP contribution in [0, 0.1) is 11.7 Å². The molecule has 1 fully saturated rings. The number of nitrogens with one attached hydrogen (secondary N) is 2. The Kier molecular flexibility index (Phi) is 4.19. The zero-order valence-electron chi connectivity index (χ0n) is 10.7. The normalized spacial score (nSPS) is 20.8. The maximum atomic E-state index is 13.3. The summed E-state index contributed by atoms with van der Waals surface area (Å²) < 4.78 is 14.0. The number of nitrogens with zero attached hydrogens (tertiary/aromatic N) is 1. The van der Waals surface area contributed by atoms with Crippen LogP contribution in [-0.2, 0) is 4.79 Å². The van der Waals surface area contributed by atoms with Crippen molar-refractivity contribution >= 4 is 27.8 Å². The van der Waals surface area contributed by atoms with Crippen molar-refractivity contribution in [1.82, 2.24) is 10.6 Å². The topological polar surface area (TPSA) is 53.5 Å². The van der Waals surface area contributed by atoms with Crippen LogP contribution in [0.15, 0.2) is 27.7 Å². The second-order valence-corrected chi connectivity index (χ2v) is 5.67. The van der Waals surface area contributed by atoms with Crippen molar-refractivity contribution in [3.8, 4) is 0 Å². The van der Waals surface area contributed by atoms with Crippen molar-refractivity contribution in [2.75, 3.05) is 6.54 Å². The highest BCUT2D eigenvalue weighted by atomic mass is 79.9. The number of rotatable bonds is 3. The van der Waals surface area contributed by atoms with E-state index >= 15 is 0 Å². The Balaban J connectivity index is 2.20. The molecule has 1 atom stereocenters. The van der Waals surface area contributed by atoms with Crippen molar-refractivity contribution < 1.29 is 9.18 Å². The van der Waals surface area contributed by atoms with Crippen molar-refractivity contribution in [3.63, 3.8) is 0 Å². The molecule has 2 N–H and O–H groups in total. The van der Waals surface area contributed by atoms with Gasteiger partial charge in [0.05, 0.1) is 0 Å². The number of hydrogen-bond donors (Lipinski definition) is 2. The second kappa shape index (κ2) is 5.69. The van der Waals surface area contributed by atoms with Gasteiger partial charge < -0.3 is 5.32 Å². The molecule has 0 aliphatic carbocycles. The first-order valence-corrected chi connectivity index (χ1v) is 6.83. The molecule has 6 heteroatoms. The Morgan fingerprint density at radius 2 is 2.21 bits per heavy atom. The number of carbonyl (C=O) groups is 1. The van der Waals surface area contributed by atoms with Crippen molar-refractivity contribution in [3.05, 3.63) is 34.1 Å². The Morgan fingerprint density at radius 3 is 2.89 bits per heavy atom. The van der Waals surface area contributed by atoms with E-state index in [0.717, 1.165) is 0 Å². The summed E-state index contributed by atoms with van der Waals surface area (Å²) in [5.74, 6) is 0.250. The Bertz CT molecular complexity index is 531. The lowest BCUT2D eigenvalue weighted by molar-refractivity contribution is -0.120. The fourth-order valence-electron chi connectivity index (χ4n) is 1.74. The van der Waals surface area contributed by atoms with Crippen LogP contribution in [0.2, 0.25) is 0 Å². The summed E-state index contributed by atoms with van der Waals surface area (Å²) >= 11 is 3.32. The number of hydrogen-bond acceptors (Lipinski definition) is 2. The van der Waals surface area contributed by atoms with Crippen LogP contribution >= 0.6 is 15.9 Å². The Hall–Kier alpha value is -1.43. The van der Waals surface area contributed by atoms with Gasteiger partial charge in [0, 0.05) is 16.6 Å². The summed E-state index contributed by atoms with van der Waals surface area (Å²) in [4.78, 5) is 16.2. The molecule has 1 amide bonds. The largest absolute Gasteiger partial charge is 0.340 e. The average molecular weight is 328 g/mol. The molecule has 1 saturated heterocycles. The van der Waals surface area contributed by atoms with Gasteiger partial charge in [-0.2, -0.15) is 0 Å². The van der Waals surface area contributed by atoms with E-state index in [0.29, 0.717) is 28.5 Å². The van der Waals surface area contributed by atoms with Crippen LogP contribution in [0.5, 0.6) is 0 Å². The lowest BCUT2D eigenvalue weighted by Gasteiger charge is -2.10. The SMILES string of the molecule is CC(C)CN=C1NC(=O)C(c2cc(F)ccc2Br)N1. The van der Waals surface area contributed by atoms with Gasteiger partial charge in [-0.25, -0.2) is 4.39 Å². The summed E-state index contributed by atoms with van der Waals surface area (Å²) in [6.45, 7) is 4.71.